The van der Waals surface area contributed by atoms with Gasteiger partial charge in [0.15, 0.2) is 5.82 Å². The van der Waals surface area contributed by atoms with Gasteiger partial charge in [-0.2, -0.15) is 9.36 Å². The van der Waals surface area contributed by atoms with Crippen molar-refractivity contribution in [1.29, 1.82) is 0 Å². The average Bonchev–Trinajstić information content (AvgIpc) is 2.76. The van der Waals surface area contributed by atoms with Crippen LogP contribution in [-0.4, -0.2) is 15.9 Å². The van der Waals surface area contributed by atoms with Gasteiger partial charge in [0.25, 0.3) is 0 Å². The van der Waals surface area contributed by atoms with E-state index < -0.39 is 0 Å². The second kappa shape index (κ2) is 5.07. The van der Waals surface area contributed by atoms with Gasteiger partial charge >= 0.3 is 0 Å². The molecule has 0 spiro atoms. The zero-order valence-electron chi connectivity index (χ0n) is 9.47. The van der Waals surface area contributed by atoms with E-state index >= 15 is 0 Å². The number of aromatic nitrogens is 2. The quantitative estimate of drug-likeness (QED) is 0.880. The first-order valence-corrected chi connectivity index (χ1v) is 6.16. The maximum absolute atomic E-state index is 4.45. The zero-order chi connectivity index (χ0) is 11.4. The molecule has 4 heteroatoms. The summed E-state index contributed by atoms with van der Waals surface area (Å²) >= 11 is 1.41. The van der Waals surface area contributed by atoms with E-state index in [1.54, 1.807) is 0 Å². The fraction of sp³-hybridized carbons (Fsp3) is 0.333. The molecule has 0 unspecified atom stereocenters. The van der Waals surface area contributed by atoms with Crippen molar-refractivity contribution in [1.82, 2.24) is 9.36 Å². The molecule has 0 radical (unpaired) electrons. The van der Waals surface area contributed by atoms with E-state index in [1.807, 2.05) is 30.3 Å². The number of nitrogens with zero attached hydrogens (tertiary/aromatic N) is 2. The molecule has 0 aliphatic rings. The van der Waals surface area contributed by atoms with Gasteiger partial charge in [-0.1, -0.05) is 44.2 Å². The number of rotatable bonds is 4. The lowest BCUT2D eigenvalue weighted by Gasteiger charge is -2.03. The first-order chi connectivity index (χ1) is 7.75. The van der Waals surface area contributed by atoms with Gasteiger partial charge in [0.05, 0.1) is 0 Å². The van der Waals surface area contributed by atoms with Crippen molar-refractivity contribution in [2.45, 2.75) is 13.8 Å². The second-order valence-corrected chi connectivity index (χ2v) is 4.82. The Balaban J connectivity index is 2.08. The second-order valence-electron chi connectivity index (χ2n) is 4.06. The summed E-state index contributed by atoms with van der Waals surface area (Å²) in [5.74, 6) is 1.42. The topological polar surface area (TPSA) is 37.8 Å². The molecule has 2 aromatic rings. The molecule has 2 rings (SSSR count). The van der Waals surface area contributed by atoms with Crippen LogP contribution in [-0.2, 0) is 0 Å². The summed E-state index contributed by atoms with van der Waals surface area (Å²) < 4.78 is 4.33. The van der Waals surface area contributed by atoms with Crippen LogP contribution < -0.4 is 5.32 Å². The summed E-state index contributed by atoms with van der Waals surface area (Å²) in [5.41, 5.74) is 1.07. The molecular weight excluding hydrogens is 218 g/mol. The van der Waals surface area contributed by atoms with Crippen molar-refractivity contribution in [2.75, 3.05) is 11.9 Å². The van der Waals surface area contributed by atoms with Gasteiger partial charge in [0.2, 0.25) is 5.13 Å². The number of hydrogen-bond acceptors (Lipinski definition) is 4. The highest BCUT2D eigenvalue weighted by molar-refractivity contribution is 7.09. The standard InChI is InChI=1S/C12H15N3S/c1-9(2)8-13-12-14-11(15-16-12)10-6-4-3-5-7-10/h3-7,9H,8H2,1-2H3,(H,13,14,15). The highest BCUT2D eigenvalue weighted by Crippen LogP contribution is 2.20. The maximum atomic E-state index is 4.45. The van der Waals surface area contributed by atoms with Crippen LogP contribution in [0.5, 0.6) is 0 Å². The van der Waals surface area contributed by atoms with Crippen molar-refractivity contribution < 1.29 is 0 Å². The Morgan fingerprint density at radius 1 is 1.25 bits per heavy atom. The van der Waals surface area contributed by atoms with Gasteiger partial charge in [-0.15, -0.1) is 0 Å². The SMILES string of the molecule is CC(C)CNc1nc(-c2ccccc2)ns1. The van der Waals surface area contributed by atoms with E-state index in [0.717, 1.165) is 23.1 Å². The Labute approximate surface area is 99.7 Å². The minimum Gasteiger partial charge on any atom is -0.360 e. The van der Waals surface area contributed by atoms with Crippen LogP contribution in [0.4, 0.5) is 5.13 Å². The Morgan fingerprint density at radius 2 is 2.00 bits per heavy atom. The molecule has 3 nitrogen and oxygen atoms in total. The molecule has 0 atom stereocenters. The lowest BCUT2D eigenvalue weighted by Crippen LogP contribution is -2.07. The number of benzene rings is 1. The molecule has 16 heavy (non-hydrogen) atoms. The normalized spacial score (nSPS) is 10.7. The molecule has 1 aromatic heterocycles. The number of hydrogen-bond donors (Lipinski definition) is 1. The van der Waals surface area contributed by atoms with Crippen LogP contribution in [0.15, 0.2) is 30.3 Å². The van der Waals surface area contributed by atoms with E-state index in [-0.39, 0.29) is 0 Å². The minimum atomic E-state index is 0.615. The molecule has 0 saturated carbocycles. The summed E-state index contributed by atoms with van der Waals surface area (Å²) in [7, 11) is 0. The van der Waals surface area contributed by atoms with Crippen molar-refractivity contribution in [2.24, 2.45) is 5.92 Å². The van der Waals surface area contributed by atoms with Crippen molar-refractivity contribution in [3.63, 3.8) is 0 Å². The lowest BCUT2D eigenvalue weighted by atomic mass is 10.2. The molecule has 0 amide bonds. The predicted octanol–water partition coefficient (Wildman–Crippen LogP) is 3.27. The van der Waals surface area contributed by atoms with E-state index in [4.69, 9.17) is 0 Å². The molecule has 0 aliphatic carbocycles. The molecule has 1 N–H and O–H groups in total. The van der Waals surface area contributed by atoms with Crippen LogP contribution in [0.2, 0.25) is 0 Å². The predicted molar refractivity (Wildman–Crippen MR) is 68.7 cm³/mol. The molecule has 1 aromatic carbocycles. The van der Waals surface area contributed by atoms with Gasteiger partial charge in [-0.25, -0.2) is 0 Å². The van der Waals surface area contributed by atoms with E-state index in [0.29, 0.717) is 5.92 Å². The Bertz CT molecular complexity index is 437. The third-order valence-corrected chi connectivity index (χ3v) is 2.79. The molecule has 0 bridgehead atoms. The summed E-state index contributed by atoms with van der Waals surface area (Å²) in [4.78, 5) is 4.45. The highest BCUT2D eigenvalue weighted by atomic mass is 32.1. The van der Waals surface area contributed by atoms with Crippen LogP contribution in [0.1, 0.15) is 13.8 Å². The van der Waals surface area contributed by atoms with Gasteiger partial charge in [-0.05, 0) is 5.92 Å². The van der Waals surface area contributed by atoms with Gasteiger partial charge in [0.1, 0.15) is 0 Å². The monoisotopic (exact) mass is 233 g/mol. The summed E-state index contributed by atoms with van der Waals surface area (Å²) in [5, 5.41) is 4.18. The Morgan fingerprint density at radius 3 is 2.69 bits per heavy atom. The van der Waals surface area contributed by atoms with Crippen molar-refractivity contribution in [3.05, 3.63) is 30.3 Å². The third kappa shape index (κ3) is 2.79. The van der Waals surface area contributed by atoms with E-state index in [9.17, 15) is 0 Å². The van der Waals surface area contributed by atoms with Crippen LogP contribution >= 0.6 is 11.5 Å². The molecule has 0 fully saturated rings. The molecule has 84 valence electrons. The Kier molecular flexibility index (Phi) is 3.51. The summed E-state index contributed by atoms with van der Waals surface area (Å²) in [6.45, 7) is 5.28. The first-order valence-electron chi connectivity index (χ1n) is 5.38. The smallest absolute Gasteiger partial charge is 0.202 e. The van der Waals surface area contributed by atoms with Gasteiger partial charge < -0.3 is 5.32 Å². The van der Waals surface area contributed by atoms with Crippen molar-refractivity contribution >= 4 is 16.7 Å². The van der Waals surface area contributed by atoms with Gasteiger partial charge in [0, 0.05) is 23.6 Å². The number of nitrogens with one attached hydrogen (secondary N) is 1. The van der Waals surface area contributed by atoms with Crippen LogP contribution in [0, 0.1) is 5.92 Å². The zero-order valence-corrected chi connectivity index (χ0v) is 10.3. The summed E-state index contributed by atoms with van der Waals surface area (Å²) in [6, 6.07) is 10.0. The highest BCUT2D eigenvalue weighted by Gasteiger charge is 2.05. The minimum absolute atomic E-state index is 0.615. The van der Waals surface area contributed by atoms with Gasteiger partial charge in [-0.3, -0.25) is 0 Å². The van der Waals surface area contributed by atoms with Crippen LogP contribution in [0.25, 0.3) is 11.4 Å². The molecule has 0 aliphatic heterocycles. The third-order valence-electron chi connectivity index (χ3n) is 2.12. The number of anilines is 1. The van der Waals surface area contributed by atoms with E-state index in [2.05, 4.69) is 28.5 Å². The molecule has 0 saturated heterocycles. The largest absolute Gasteiger partial charge is 0.360 e. The maximum Gasteiger partial charge on any atom is 0.202 e. The summed E-state index contributed by atoms with van der Waals surface area (Å²) in [6.07, 6.45) is 0. The van der Waals surface area contributed by atoms with Crippen LogP contribution in [0.3, 0.4) is 0 Å². The lowest BCUT2D eigenvalue weighted by molar-refractivity contribution is 0.688. The fourth-order valence-corrected chi connectivity index (χ4v) is 1.89. The molecule has 1 heterocycles. The molecular formula is C12H15N3S. The first kappa shape index (κ1) is 11.1. The average molecular weight is 233 g/mol. The Hall–Kier alpha value is -1.42. The van der Waals surface area contributed by atoms with Crippen molar-refractivity contribution in [3.8, 4) is 11.4 Å². The van der Waals surface area contributed by atoms with E-state index in [1.165, 1.54) is 11.5 Å². The fourth-order valence-electron chi connectivity index (χ4n) is 1.29.